The molecule has 0 atom stereocenters. The molecule has 0 spiro atoms. The minimum absolute atomic E-state index is 0.689. The van der Waals surface area contributed by atoms with Gasteiger partial charge in [-0.15, -0.1) is 0 Å². The first kappa shape index (κ1) is 18.7. The molecule has 21 heavy (non-hydrogen) atoms. The highest BCUT2D eigenvalue weighted by atomic mass is 28.3. The molecule has 3 heteroatoms. The minimum Gasteiger partial charge on any atom is -0.383 e. The summed E-state index contributed by atoms with van der Waals surface area (Å²) in [6.45, 7) is 16.1. The number of nitrogens with one attached hydrogen (secondary N) is 1. The Bertz CT molecular complexity index is 381. The Labute approximate surface area is 133 Å². The molecule has 1 aliphatic carbocycles. The van der Waals surface area contributed by atoms with E-state index in [0.29, 0.717) is 5.54 Å². The predicted molar refractivity (Wildman–Crippen MR) is 96.3 cm³/mol. The Balaban J connectivity index is 3.17. The second-order valence-electron chi connectivity index (χ2n) is 6.50. The molecule has 122 valence electrons. The van der Waals surface area contributed by atoms with Crippen LogP contribution >= 0.6 is 0 Å². The molecule has 1 N–H and O–H groups in total. The Kier molecular flexibility index (Phi) is 7.38. The van der Waals surface area contributed by atoms with E-state index in [2.05, 4.69) is 45.8 Å². The summed E-state index contributed by atoms with van der Waals surface area (Å²) in [5.41, 5.74) is 7.50. The molecule has 0 aromatic heterocycles. The molecule has 0 aliphatic heterocycles. The number of methoxy groups -OCH3 is 1. The first-order chi connectivity index (χ1) is 9.98. The van der Waals surface area contributed by atoms with Gasteiger partial charge >= 0.3 is 0 Å². The summed E-state index contributed by atoms with van der Waals surface area (Å²) in [4.78, 5) is 3.87. The van der Waals surface area contributed by atoms with Crippen molar-refractivity contribution < 1.29 is 4.74 Å². The van der Waals surface area contributed by atoms with Crippen LogP contribution in [0, 0.1) is 0 Å². The maximum atomic E-state index is 5.23. The van der Waals surface area contributed by atoms with E-state index in [9.17, 15) is 0 Å². The fraction of sp³-hybridized carbons (Fsp3) is 0.778. The van der Waals surface area contributed by atoms with Gasteiger partial charge in [-0.05, 0) is 36.8 Å². The van der Waals surface area contributed by atoms with Gasteiger partial charge in [-0.2, -0.15) is 0 Å². The van der Waals surface area contributed by atoms with E-state index in [0.717, 1.165) is 13.2 Å². The van der Waals surface area contributed by atoms with Gasteiger partial charge in [-0.25, -0.2) is 0 Å². The lowest BCUT2D eigenvalue weighted by molar-refractivity contribution is 0.204. The zero-order chi connectivity index (χ0) is 16.0. The third-order valence-electron chi connectivity index (χ3n) is 4.91. The van der Waals surface area contributed by atoms with Crippen LogP contribution in [-0.4, -0.2) is 28.5 Å². The fourth-order valence-electron chi connectivity index (χ4n) is 4.11. The molecule has 0 aromatic carbocycles. The standard InChI is InChI=1S/C18H35NOSi/c1-8-14-15(9-2)17(11-4)18(16(14)10-3)21(6,7)19-12-13-20-5/h18-19H,8-13H2,1-7H3. The van der Waals surface area contributed by atoms with Crippen molar-refractivity contribution in [2.75, 3.05) is 20.3 Å². The average Bonchev–Trinajstić information content (AvgIpc) is 2.80. The molecule has 0 bridgehead atoms. The molecular weight excluding hydrogens is 274 g/mol. The Morgan fingerprint density at radius 1 is 0.905 bits per heavy atom. The first-order valence-corrected chi connectivity index (χ1v) is 11.7. The van der Waals surface area contributed by atoms with Crippen LogP contribution in [0.25, 0.3) is 0 Å². The van der Waals surface area contributed by atoms with E-state index in [1.165, 1.54) is 25.7 Å². The normalized spacial score (nSPS) is 17.3. The molecule has 0 aromatic rings. The zero-order valence-electron chi connectivity index (χ0n) is 15.2. The van der Waals surface area contributed by atoms with Crippen molar-refractivity contribution in [3.05, 3.63) is 22.3 Å². The topological polar surface area (TPSA) is 21.3 Å². The van der Waals surface area contributed by atoms with Crippen molar-refractivity contribution in [3.63, 3.8) is 0 Å². The number of hydrogen-bond donors (Lipinski definition) is 1. The summed E-state index contributed by atoms with van der Waals surface area (Å²) < 4.78 is 5.23. The van der Waals surface area contributed by atoms with Crippen LogP contribution in [0.15, 0.2) is 22.3 Å². The SMILES string of the molecule is CCC1=C(CC)C([Si](C)(C)NCCOC)C(CC)=C1CC. The highest BCUT2D eigenvalue weighted by Gasteiger charge is 2.41. The van der Waals surface area contributed by atoms with Crippen LogP contribution in [0.2, 0.25) is 18.6 Å². The van der Waals surface area contributed by atoms with E-state index in [4.69, 9.17) is 4.74 Å². The van der Waals surface area contributed by atoms with Crippen molar-refractivity contribution >= 4 is 8.24 Å². The predicted octanol–water partition coefficient (Wildman–Crippen LogP) is 5.04. The van der Waals surface area contributed by atoms with Crippen LogP contribution in [0.4, 0.5) is 0 Å². The lowest BCUT2D eigenvalue weighted by Gasteiger charge is -2.35. The van der Waals surface area contributed by atoms with Crippen LogP contribution in [-0.2, 0) is 4.74 Å². The molecular formula is C18H35NOSi. The Morgan fingerprint density at radius 2 is 1.38 bits per heavy atom. The minimum atomic E-state index is -1.54. The molecule has 0 unspecified atom stereocenters. The van der Waals surface area contributed by atoms with Crippen molar-refractivity contribution in [2.24, 2.45) is 0 Å². The van der Waals surface area contributed by atoms with E-state index in [-0.39, 0.29) is 0 Å². The van der Waals surface area contributed by atoms with Gasteiger partial charge in [-0.3, -0.25) is 0 Å². The number of allylic oxidation sites excluding steroid dienone is 4. The summed E-state index contributed by atoms with van der Waals surface area (Å²) in [5, 5.41) is 0. The number of hydrogen-bond acceptors (Lipinski definition) is 2. The highest BCUT2D eigenvalue weighted by molar-refractivity contribution is 6.77. The van der Waals surface area contributed by atoms with Crippen LogP contribution in [0.5, 0.6) is 0 Å². The van der Waals surface area contributed by atoms with Crippen LogP contribution < -0.4 is 4.98 Å². The average molecular weight is 310 g/mol. The lowest BCUT2D eigenvalue weighted by Crippen LogP contribution is -2.50. The summed E-state index contributed by atoms with van der Waals surface area (Å²) >= 11 is 0. The largest absolute Gasteiger partial charge is 0.383 e. The van der Waals surface area contributed by atoms with Crippen molar-refractivity contribution in [2.45, 2.75) is 72.0 Å². The number of rotatable bonds is 9. The van der Waals surface area contributed by atoms with Crippen LogP contribution in [0.1, 0.15) is 53.4 Å². The van der Waals surface area contributed by atoms with Crippen molar-refractivity contribution in [1.82, 2.24) is 4.98 Å². The third-order valence-corrected chi connectivity index (χ3v) is 8.22. The second kappa shape index (κ2) is 8.30. The van der Waals surface area contributed by atoms with Crippen molar-refractivity contribution in [1.29, 1.82) is 0 Å². The van der Waals surface area contributed by atoms with Crippen LogP contribution in [0.3, 0.4) is 0 Å². The molecule has 1 aliphatic rings. The first-order valence-electron chi connectivity index (χ1n) is 8.66. The maximum absolute atomic E-state index is 5.23. The van der Waals surface area contributed by atoms with Gasteiger partial charge in [0.15, 0.2) is 0 Å². The van der Waals surface area contributed by atoms with E-state index in [1.54, 1.807) is 29.4 Å². The number of ether oxygens (including phenoxy) is 1. The van der Waals surface area contributed by atoms with E-state index >= 15 is 0 Å². The van der Waals surface area contributed by atoms with Crippen molar-refractivity contribution in [3.8, 4) is 0 Å². The van der Waals surface area contributed by atoms with Gasteiger partial charge in [-0.1, -0.05) is 51.9 Å². The maximum Gasteiger partial charge on any atom is 0.130 e. The molecule has 1 rings (SSSR count). The van der Waals surface area contributed by atoms with E-state index in [1.807, 2.05) is 0 Å². The monoisotopic (exact) mass is 309 g/mol. The fourth-order valence-corrected chi connectivity index (χ4v) is 7.56. The van der Waals surface area contributed by atoms with Gasteiger partial charge in [0, 0.05) is 19.2 Å². The molecule has 0 radical (unpaired) electrons. The molecule has 0 amide bonds. The smallest absolute Gasteiger partial charge is 0.130 e. The Hall–Kier alpha value is -0.383. The van der Waals surface area contributed by atoms with Gasteiger partial charge in [0.1, 0.15) is 8.24 Å². The van der Waals surface area contributed by atoms with Gasteiger partial charge in [0.2, 0.25) is 0 Å². The Morgan fingerprint density at radius 3 is 1.71 bits per heavy atom. The second-order valence-corrected chi connectivity index (χ2v) is 10.9. The van der Waals surface area contributed by atoms with Gasteiger partial charge in [0.05, 0.1) is 6.61 Å². The lowest BCUT2D eigenvalue weighted by atomic mass is 9.99. The van der Waals surface area contributed by atoms with E-state index < -0.39 is 8.24 Å². The summed E-state index contributed by atoms with van der Waals surface area (Å²) in [6, 6.07) is 0. The summed E-state index contributed by atoms with van der Waals surface area (Å²) in [5.74, 6) is 0. The van der Waals surface area contributed by atoms with Gasteiger partial charge < -0.3 is 9.72 Å². The summed E-state index contributed by atoms with van der Waals surface area (Å²) in [6.07, 6.45) is 4.77. The molecule has 0 fully saturated rings. The molecule has 2 nitrogen and oxygen atoms in total. The molecule has 0 saturated heterocycles. The quantitative estimate of drug-likeness (QED) is 0.475. The highest BCUT2D eigenvalue weighted by Crippen LogP contribution is 2.50. The third kappa shape index (κ3) is 3.88. The van der Waals surface area contributed by atoms with Gasteiger partial charge in [0.25, 0.3) is 0 Å². The summed E-state index contributed by atoms with van der Waals surface area (Å²) in [7, 11) is 0.245. The zero-order valence-corrected chi connectivity index (χ0v) is 16.2. The molecule has 0 heterocycles. The molecule has 0 saturated carbocycles.